The first-order chi connectivity index (χ1) is 17.4. The van der Waals surface area contributed by atoms with Gasteiger partial charge in [0.25, 0.3) is 0 Å². The first-order valence-electron chi connectivity index (χ1n) is 11.0. The Bertz CT molecular complexity index is 1410. The van der Waals surface area contributed by atoms with Gasteiger partial charge in [0.05, 0.1) is 35.1 Å². The molecule has 3 aromatic heterocycles. The maximum Gasteiger partial charge on any atom is 0.335 e. The summed E-state index contributed by atoms with van der Waals surface area (Å²) in [7, 11) is 0. The van der Waals surface area contributed by atoms with Gasteiger partial charge >= 0.3 is 11.9 Å². The van der Waals surface area contributed by atoms with Crippen molar-refractivity contribution in [2.75, 3.05) is 0 Å². The van der Waals surface area contributed by atoms with Gasteiger partial charge in [-0.15, -0.1) is 0 Å². The van der Waals surface area contributed by atoms with E-state index in [1.807, 2.05) is 41.3 Å². The second kappa shape index (κ2) is 9.59. The Morgan fingerprint density at radius 3 is 2.25 bits per heavy atom. The highest BCUT2D eigenvalue weighted by atomic mass is 32.1. The Kier molecular flexibility index (Phi) is 6.17. The summed E-state index contributed by atoms with van der Waals surface area (Å²) in [4.78, 5) is 34.0. The largest absolute Gasteiger partial charge is 0.478 e. The molecule has 0 spiro atoms. The fraction of sp³-hybridized carbons (Fsp3) is 0.115. The molecule has 0 bridgehead atoms. The molecule has 180 valence electrons. The zero-order valence-electron chi connectivity index (χ0n) is 18.7. The molecule has 0 aliphatic carbocycles. The third kappa shape index (κ3) is 4.53. The van der Waals surface area contributed by atoms with E-state index in [0.29, 0.717) is 28.7 Å². The van der Waals surface area contributed by atoms with Crippen LogP contribution in [0.5, 0.6) is 0 Å². The van der Waals surface area contributed by atoms with E-state index in [4.69, 9.17) is 16.6 Å². The van der Waals surface area contributed by atoms with Crippen LogP contribution in [0.3, 0.4) is 0 Å². The lowest BCUT2D eigenvalue weighted by Gasteiger charge is -2.25. The fourth-order valence-corrected chi connectivity index (χ4v) is 4.54. The average molecular weight is 501 g/mol. The number of hydrogen-bond donors (Lipinski definition) is 3. The van der Waals surface area contributed by atoms with Gasteiger partial charge < -0.3 is 24.8 Å². The summed E-state index contributed by atoms with van der Waals surface area (Å²) in [6.45, 7) is 0.425. The molecule has 4 heterocycles. The van der Waals surface area contributed by atoms with Crippen molar-refractivity contribution in [3.8, 4) is 11.3 Å². The minimum atomic E-state index is -1.23. The Morgan fingerprint density at radius 1 is 0.944 bits per heavy atom. The smallest absolute Gasteiger partial charge is 0.335 e. The summed E-state index contributed by atoms with van der Waals surface area (Å²) in [5, 5.41) is 22.7. The van der Waals surface area contributed by atoms with Crippen molar-refractivity contribution < 1.29 is 24.2 Å². The number of aromatic carboxylic acids is 2. The van der Waals surface area contributed by atoms with Crippen molar-refractivity contribution in [2.45, 2.75) is 18.6 Å². The van der Waals surface area contributed by atoms with Gasteiger partial charge in [-0.3, -0.25) is 9.97 Å². The molecule has 3 N–H and O–H groups in total. The number of hydrogen-bond acceptors (Lipinski definition) is 6. The normalized spacial score (nSPS) is 17.1. The van der Waals surface area contributed by atoms with Crippen LogP contribution in [0, 0.1) is 0 Å². The average Bonchev–Trinajstić information content (AvgIpc) is 3.50. The summed E-state index contributed by atoms with van der Waals surface area (Å²) in [5.41, 5.74) is 1.65. The van der Waals surface area contributed by atoms with E-state index >= 15 is 0 Å². The van der Waals surface area contributed by atoms with Crippen LogP contribution >= 0.6 is 12.2 Å². The molecule has 10 heteroatoms. The highest BCUT2D eigenvalue weighted by Crippen LogP contribution is 2.41. The van der Waals surface area contributed by atoms with Gasteiger partial charge in [0, 0.05) is 18.0 Å². The molecule has 1 aliphatic rings. The highest BCUT2D eigenvalue weighted by molar-refractivity contribution is 7.80. The third-order valence-electron chi connectivity index (χ3n) is 5.89. The van der Waals surface area contributed by atoms with Gasteiger partial charge in [-0.25, -0.2) is 9.59 Å². The number of rotatable bonds is 7. The molecule has 0 unspecified atom stereocenters. The van der Waals surface area contributed by atoms with E-state index < -0.39 is 11.9 Å². The van der Waals surface area contributed by atoms with Gasteiger partial charge in [0.1, 0.15) is 17.6 Å². The SMILES string of the molecule is O=C(O)c1cc(C(=O)O)cc(-c2ccc([C@H]3[C@H](c4ccccn4)NC(=S)N3Cc3ccccn3)o2)c1. The number of aromatic nitrogens is 2. The Balaban J connectivity index is 1.56. The molecule has 2 atom stereocenters. The molecule has 1 fully saturated rings. The molecule has 0 amide bonds. The standard InChI is InChI=1S/C26H20N4O5S/c31-24(32)16-11-15(12-17(13-16)25(33)34)20-7-8-21(35-20)23-22(19-6-2-4-10-28-19)29-26(36)30(23)14-18-5-1-3-9-27-18/h1-13,22-23H,14H2,(H,29,36)(H,31,32)(H,33,34)/t22-,23-/m0/s1. The predicted octanol–water partition coefficient (Wildman–Crippen LogP) is 4.31. The first-order valence-corrected chi connectivity index (χ1v) is 11.4. The lowest BCUT2D eigenvalue weighted by atomic mass is 10.0. The number of nitrogens with zero attached hydrogens (tertiary/aromatic N) is 3. The quantitative estimate of drug-likeness (QED) is 0.316. The molecule has 1 aliphatic heterocycles. The number of furan rings is 1. The van der Waals surface area contributed by atoms with Gasteiger partial charge in [0.2, 0.25) is 0 Å². The zero-order chi connectivity index (χ0) is 25.2. The van der Waals surface area contributed by atoms with Crippen molar-refractivity contribution in [1.82, 2.24) is 20.2 Å². The van der Waals surface area contributed by atoms with Crippen LogP contribution in [0.15, 0.2) is 83.5 Å². The monoisotopic (exact) mass is 500 g/mol. The van der Waals surface area contributed by atoms with E-state index in [2.05, 4.69) is 15.3 Å². The van der Waals surface area contributed by atoms with Crippen LogP contribution in [-0.2, 0) is 6.54 Å². The maximum atomic E-state index is 11.6. The molecular weight excluding hydrogens is 480 g/mol. The predicted molar refractivity (Wildman–Crippen MR) is 133 cm³/mol. The fourth-order valence-electron chi connectivity index (χ4n) is 4.23. The van der Waals surface area contributed by atoms with Crippen molar-refractivity contribution in [1.29, 1.82) is 0 Å². The van der Waals surface area contributed by atoms with Crippen LogP contribution in [0.1, 0.15) is 49.9 Å². The summed E-state index contributed by atoms with van der Waals surface area (Å²) in [6, 6.07) is 17.9. The molecule has 1 saturated heterocycles. The number of nitrogens with one attached hydrogen (secondary N) is 1. The van der Waals surface area contributed by atoms with Crippen molar-refractivity contribution in [3.63, 3.8) is 0 Å². The lowest BCUT2D eigenvalue weighted by Crippen LogP contribution is -2.29. The van der Waals surface area contributed by atoms with Gasteiger partial charge in [-0.2, -0.15) is 0 Å². The number of thiocarbonyl (C=S) groups is 1. The Hall–Kier alpha value is -4.57. The summed E-state index contributed by atoms with van der Waals surface area (Å²) < 4.78 is 6.22. The Morgan fingerprint density at radius 2 is 1.64 bits per heavy atom. The van der Waals surface area contributed by atoms with E-state index in [1.54, 1.807) is 24.5 Å². The molecule has 0 saturated carbocycles. The van der Waals surface area contributed by atoms with Crippen molar-refractivity contribution >= 4 is 29.3 Å². The second-order valence-corrected chi connectivity index (χ2v) is 8.57. The summed E-state index contributed by atoms with van der Waals surface area (Å²) in [5.74, 6) is -1.56. The number of carboxylic acids is 2. The number of pyridine rings is 2. The molecule has 36 heavy (non-hydrogen) atoms. The lowest BCUT2D eigenvalue weighted by molar-refractivity contribution is 0.0696. The summed E-state index contributed by atoms with van der Waals surface area (Å²) >= 11 is 5.67. The molecule has 4 aromatic rings. The van der Waals surface area contributed by atoms with E-state index in [9.17, 15) is 19.8 Å². The van der Waals surface area contributed by atoms with E-state index in [-0.39, 0.29) is 23.2 Å². The number of carboxylic acid groups (broad SMARTS) is 2. The first kappa shape index (κ1) is 23.2. The van der Waals surface area contributed by atoms with E-state index in [0.717, 1.165) is 17.5 Å². The van der Waals surface area contributed by atoms with Gasteiger partial charge in [-0.05, 0) is 66.8 Å². The molecule has 1 aromatic carbocycles. The topological polar surface area (TPSA) is 129 Å². The maximum absolute atomic E-state index is 11.6. The van der Waals surface area contributed by atoms with Crippen LogP contribution in [0.2, 0.25) is 0 Å². The van der Waals surface area contributed by atoms with Gasteiger partial charge in [-0.1, -0.05) is 12.1 Å². The third-order valence-corrected chi connectivity index (χ3v) is 6.24. The molecule has 9 nitrogen and oxygen atoms in total. The van der Waals surface area contributed by atoms with Crippen LogP contribution in [0.25, 0.3) is 11.3 Å². The number of carbonyl (C=O) groups is 2. The second-order valence-electron chi connectivity index (χ2n) is 8.19. The van der Waals surface area contributed by atoms with Crippen LogP contribution in [-0.4, -0.2) is 42.1 Å². The van der Waals surface area contributed by atoms with Crippen LogP contribution in [0.4, 0.5) is 0 Å². The van der Waals surface area contributed by atoms with Gasteiger partial charge in [0.15, 0.2) is 5.11 Å². The Labute approximate surface area is 211 Å². The number of benzene rings is 1. The molecule has 0 radical (unpaired) electrons. The van der Waals surface area contributed by atoms with Crippen molar-refractivity contribution in [2.24, 2.45) is 0 Å². The van der Waals surface area contributed by atoms with Crippen molar-refractivity contribution in [3.05, 3.63) is 107 Å². The highest BCUT2D eigenvalue weighted by Gasteiger charge is 2.41. The molecular formula is C26H20N4O5S. The minimum absolute atomic E-state index is 0.144. The zero-order valence-corrected chi connectivity index (χ0v) is 19.6. The summed E-state index contributed by atoms with van der Waals surface area (Å²) in [6.07, 6.45) is 3.42. The minimum Gasteiger partial charge on any atom is -0.478 e. The van der Waals surface area contributed by atoms with Crippen LogP contribution < -0.4 is 5.32 Å². The molecule has 5 rings (SSSR count). The van der Waals surface area contributed by atoms with E-state index in [1.165, 1.54) is 12.1 Å².